The maximum Gasteiger partial charge on any atom is 1.00 e. The summed E-state index contributed by atoms with van der Waals surface area (Å²) < 4.78 is 0. The van der Waals surface area contributed by atoms with E-state index in [-0.39, 0.29) is 53.1 Å². The minimum absolute atomic E-state index is 0. The van der Waals surface area contributed by atoms with Gasteiger partial charge in [0.1, 0.15) is 11.4 Å². The average Bonchev–Trinajstić information content (AvgIpc) is 2.26. The summed E-state index contributed by atoms with van der Waals surface area (Å²) in [6.07, 6.45) is 0. The number of carboxylic acids is 1. The van der Waals surface area contributed by atoms with E-state index < -0.39 is 24.0 Å². The molecular weight excluding hydrogens is 243 g/mol. The molecule has 2 aliphatic rings. The van der Waals surface area contributed by atoms with Crippen molar-refractivity contribution in [3.05, 3.63) is 0 Å². The van der Waals surface area contributed by atoms with Crippen molar-refractivity contribution in [2.45, 2.75) is 11.4 Å². The fourth-order valence-corrected chi connectivity index (χ4v) is 3.28. The van der Waals surface area contributed by atoms with Gasteiger partial charge in [-0.05, 0) is 0 Å². The average molecular weight is 254 g/mol. The summed E-state index contributed by atoms with van der Waals surface area (Å²) in [5, 5.41) is 19.9. The molecule has 16 heavy (non-hydrogen) atoms. The van der Waals surface area contributed by atoms with Gasteiger partial charge in [-0.3, -0.25) is 4.79 Å². The maximum absolute atomic E-state index is 11.3. The zero-order chi connectivity index (χ0) is 11.2. The molecule has 0 radical (unpaired) electrons. The third-order valence-electron chi connectivity index (χ3n) is 2.92. The number of amides is 1. The van der Waals surface area contributed by atoms with Crippen LogP contribution < -0.4 is 40.4 Å². The second-order valence-electron chi connectivity index (χ2n) is 3.92. The number of carbonyl (C=O) groups excluding carboxylic acids is 2. The van der Waals surface area contributed by atoms with Crippen LogP contribution in [0.5, 0.6) is 0 Å². The fourth-order valence-electron chi connectivity index (χ4n) is 1.81. The predicted octanol–water partition coefficient (Wildman–Crippen LogP) is -6.04. The standard InChI is InChI=1S/C8H12N2O4S.Na/c9-4-5(12)10-1-8(2-11,7(13)14)3-15-6(4)10;/h4,6,11H,1-3,9H2,(H,13,14);/q;+1/p-1/t4?,6-,8?;/m1./s1. The second-order valence-corrected chi connectivity index (χ2v) is 5.02. The Kier molecular flexibility index (Phi) is 4.31. The zero-order valence-electron chi connectivity index (χ0n) is 8.88. The molecule has 2 unspecified atom stereocenters. The van der Waals surface area contributed by atoms with E-state index in [0.717, 1.165) is 0 Å². The molecule has 84 valence electrons. The van der Waals surface area contributed by atoms with Gasteiger partial charge in [0.2, 0.25) is 5.91 Å². The molecule has 2 aliphatic heterocycles. The summed E-state index contributed by atoms with van der Waals surface area (Å²) in [6.45, 7) is -0.524. The molecule has 0 saturated carbocycles. The Bertz CT molecular complexity index is 329. The van der Waals surface area contributed by atoms with Gasteiger partial charge in [-0.15, -0.1) is 11.8 Å². The molecule has 2 fully saturated rings. The van der Waals surface area contributed by atoms with E-state index in [4.69, 9.17) is 10.8 Å². The summed E-state index contributed by atoms with van der Waals surface area (Å²) in [7, 11) is 0. The smallest absolute Gasteiger partial charge is 0.549 e. The number of fused-ring (bicyclic) bond motifs is 1. The summed E-state index contributed by atoms with van der Waals surface area (Å²) in [5.74, 6) is -1.34. The number of hydrogen-bond acceptors (Lipinski definition) is 6. The van der Waals surface area contributed by atoms with E-state index in [1.807, 2.05) is 0 Å². The number of aliphatic hydroxyl groups excluding tert-OH is 1. The number of thioether (sulfide) groups is 1. The molecule has 8 heteroatoms. The van der Waals surface area contributed by atoms with Crippen LogP contribution in [0, 0.1) is 5.41 Å². The first-order chi connectivity index (χ1) is 7.02. The Labute approximate surface area is 119 Å². The Morgan fingerprint density at radius 3 is 2.88 bits per heavy atom. The van der Waals surface area contributed by atoms with Crippen molar-refractivity contribution in [1.29, 1.82) is 0 Å². The van der Waals surface area contributed by atoms with Crippen molar-refractivity contribution in [3.8, 4) is 0 Å². The van der Waals surface area contributed by atoms with Crippen molar-refractivity contribution >= 4 is 23.6 Å². The van der Waals surface area contributed by atoms with Crippen LogP contribution in [-0.2, 0) is 9.59 Å². The van der Waals surface area contributed by atoms with Gasteiger partial charge in [-0.2, -0.15) is 0 Å². The quantitative estimate of drug-likeness (QED) is 0.375. The van der Waals surface area contributed by atoms with Crippen LogP contribution in [0.4, 0.5) is 0 Å². The number of nitrogens with zero attached hydrogens (tertiary/aromatic N) is 1. The van der Waals surface area contributed by atoms with Crippen LogP contribution in [0.3, 0.4) is 0 Å². The topological polar surface area (TPSA) is 107 Å². The van der Waals surface area contributed by atoms with Crippen LogP contribution >= 0.6 is 11.8 Å². The minimum atomic E-state index is -1.34. The number of nitrogens with two attached hydrogens (primary N) is 1. The van der Waals surface area contributed by atoms with Gasteiger partial charge >= 0.3 is 29.6 Å². The third-order valence-corrected chi connectivity index (χ3v) is 4.53. The van der Waals surface area contributed by atoms with Crippen molar-refractivity contribution in [2.24, 2.45) is 11.1 Å². The number of β-lactam (4-membered cyclic amide) rings is 1. The Balaban J connectivity index is 0.00000128. The van der Waals surface area contributed by atoms with Gasteiger partial charge in [0.15, 0.2) is 0 Å². The van der Waals surface area contributed by atoms with Crippen LogP contribution in [0.25, 0.3) is 0 Å². The molecule has 0 aromatic carbocycles. The van der Waals surface area contributed by atoms with Gasteiger partial charge in [0, 0.05) is 12.3 Å². The van der Waals surface area contributed by atoms with Crippen molar-refractivity contribution < 1.29 is 49.4 Å². The van der Waals surface area contributed by atoms with E-state index in [2.05, 4.69) is 0 Å². The van der Waals surface area contributed by atoms with Gasteiger partial charge < -0.3 is 25.6 Å². The number of hydrogen-bond donors (Lipinski definition) is 2. The Hall–Kier alpha value is 0.210. The Morgan fingerprint density at radius 2 is 2.38 bits per heavy atom. The monoisotopic (exact) mass is 254 g/mol. The van der Waals surface area contributed by atoms with Crippen LogP contribution in [0.15, 0.2) is 0 Å². The molecule has 1 amide bonds. The van der Waals surface area contributed by atoms with Gasteiger partial charge in [0.25, 0.3) is 0 Å². The molecule has 2 rings (SSSR count). The van der Waals surface area contributed by atoms with Crippen LogP contribution in [0.2, 0.25) is 0 Å². The van der Waals surface area contributed by atoms with E-state index in [9.17, 15) is 14.7 Å². The molecule has 3 atom stereocenters. The molecule has 3 N–H and O–H groups in total. The van der Waals surface area contributed by atoms with Gasteiger partial charge in [0.05, 0.1) is 18.0 Å². The number of aliphatic hydroxyl groups is 1. The first kappa shape index (κ1) is 14.3. The normalized spacial score (nSPS) is 37.1. The van der Waals surface area contributed by atoms with Gasteiger partial charge in [-0.1, -0.05) is 0 Å². The SMILES string of the molecule is NC1C(=O)N2CC(CO)(C(=O)[O-])CS[C@H]12.[Na+]. The molecular formula is C8H11N2NaO4S. The molecule has 2 saturated heterocycles. The molecule has 2 heterocycles. The maximum atomic E-state index is 11.3. The zero-order valence-corrected chi connectivity index (χ0v) is 11.7. The first-order valence-electron chi connectivity index (χ1n) is 4.52. The summed E-state index contributed by atoms with van der Waals surface area (Å²) in [5.41, 5.74) is 4.21. The molecule has 0 spiro atoms. The molecule has 0 aliphatic carbocycles. The third kappa shape index (κ3) is 1.89. The molecule has 0 aromatic heterocycles. The summed E-state index contributed by atoms with van der Waals surface area (Å²) in [6, 6.07) is -0.534. The number of rotatable bonds is 2. The molecule has 0 bridgehead atoms. The van der Waals surface area contributed by atoms with E-state index in [1.165, 1.54) is 16.7 Å². The fraction of sp³-hybridized carbons (Fsp3) is 0.750. The number of carbonyl (C=O) groups is 2. The Morgan fingerprint density at radius 1 is 1.75 bits per heavy atom. The van der Waals surface area contributed by atoms with Crippen molar-refractivity contribution in [1.82, 2.24) is 4.90 Å². The number of aliphatic carboxylic acids is 1. The summed E-state index contributed by atoms with van der Waals surface area (Å²) in [4.78, 5) is 23.6. The van der Waals surface area contributed by atoms with Gasteiger partial charge in [-0.25, -0.2) is 0 Å². The summed E-state index contributed by atoms with van der Waals surface area (Å²) >= 11 is 1.28. The molecule has 6 nitrogen and oxygen atoms in total. The van der Waals surface area contributed by atoms with Crippen molar-refractivity contribution in [3.63, 3.8) is 0 Å². The predicted molar refractivity (Wildman–Crippen MR) is 50.5 cm³/mol. The minimum Gasteiger partial charge on any atom is -0.549 e. The van der Waals surface area contributed by atoms with Crippen LogP contribution in [0.1, 0.15) is 0 Å². The van der Waals surface area contributed by atoms with Crippen LogP contribution in [-0.4, -0.2) is 52.2 Å². The van der Waals surface area contributed by atoms with Crippen molar-refractivity contribution in [2.75, 3.05) is 18.9 Å². The largest absolute Gasteiger partial charge is 1.00 e. The van der Waals surface area contributed by atoms with E-state index >= 15 is 0 Å². The van der Waals surface area contributed by atoms with E-state index in [0.29, 0.717) is 0 Å². The molecule has 0 aromatic rings. The second kappa shape index (κ2) is 4.83. The number of carboxylic acid groups (broad SMARTS) is 1. The van der Waals surface area contributed by atoms with E-state index in [1.54, 1.807) is 0 Å². The first-order valence-corrected chi connectivity index (χ1v) is 5.57.